The standard InChI is InChI=1S/C18H28N6/c1-5-9-23(10-6-2)17-15(13-19)22-18(16(14-20)21-17)24(11-7-3)12-8-4/h5-12H2,1-4H3. The molecule has 0 atom stereocenters. The highest BCUT2D eigenvalue weighted by Crippen LogP contribution is 2.24. The van der Waals surface area contributed by atoms with E-state index in [0.717, 1.165) is 51.9 Å². The number of aromatic nitrogens is 2. The van der Waals surface area contributed by atoms with Crippen LogP contribution < -0.4 is 9.80 Å². The Morgan fingerprint density at radius 1 is 0.667 bits per heavy atom. The van der Waals surface area contributed by atoms with E-state index in [1.54, 1.807) is 0 Å². The third kappa shape index (κ3) is 4.83. The minimum absolute atomic E-state index is 0.308. The van der Waals surface area contributed by atoms with Crippen LogP contribution in [0.2, 0.25) is 0 Å². The van der Waals surface area contributed by atoms with Gasteiger partial charge in [0.15, 0.2) is 23.0 Å². The number of anilines is 2. The maximum absolute atomic E-state index is 9.55. The zero-order chi connectivity index (χ0) is 17.9. The summed E-state index contributed by atoms with van der Waals surface area (Å²) in [6, 6.07) is 4.34. The predicted octanol–water partition coefficient (Wildman–Crippen LogP) is 3.47. The molecule has 0 aromatic carbocycles. The summed E-state index contributed by atoms with van der Waals surface area (Å²) in [5.41, 5.74) is 0.617. The van der Waals surface area contributed by atoms with Gasteiger partial charge in [0.05, 0.1) is 0 Å². The maximum atomic E-state index is 9.55. The van der Waals surface area contributed by atoms with Crippen molar-refractivity contribution >= 4 is 11.6 Å². The van der Waals surface area contributed by atoms with E-state index >= 15 is 0 Å². The highest BCUT2D eigenvalue weighted by atomic mass is 15.2. The monoisotopic (exact) mass is 328 g/mol. The van der Waals surface area contributed by atoms with Gasteiger partial charge in [0.2, 0.25) is 0 Å². The largest absolute Gasteiger partial charge is 0.354 e. The first kappa shape index (κ1) is 19.7. The van der Waals surface area contributed by atoms with Gasteiger partial charge >= 0.3 is 0 Å². The number of hydrogen-bond acceptors (Lipinski definition) is 6. The van der Waals surface area contributed by atoms with Gasteiger partial charge in [-0.15, -0.1) is 0 Å². The van der Waals surface area contributed by atoms with Crippen LogP contribution in [-0.4, -0.2) is 36.1 Å². The van der Waals surface area contributed by atoms with Crippen LogP contribution in [0.15, 0.2) is 0 Å². The van der Waals surface area contributed by atoms with Crippen LogP contribution in [0.1, 0.15) is 64.8 Å². The van der Waals surface area contributed by atoms with Crippen LogP contribution in [0.25, 0.3) is 0 Å². The molecule has 0 saturated heterocycles. The van der Waals surface area contributed by atoms with Crippen LogP contribution >= 0.6 is 0 Å². The van der Waals surface area contributed by atoms with Crippen molar-refractivity contribution in [1.82, 2.24) is 9.97 Å². The van der Waals surface area contributed by atoms with E-state index in [1.807, 2.05) is 0 Å². The Kier molecular flexibility index (Phi) is 8.57. The maximum Gasteiger partial charge on any atom is 0.185 e. The first-order valence-electron chi connectivity index (χ1n) is 8.88. The summed E-state index contributed by atoms with van der Waals surface area (Å²) in [5, 5.41) is 19.1. The third-order valence-electron chi connectivity index (χ3n) is 3.64. The van der Waals surface area contributed by atoms with Crippen LogP contribution in [0, 0.1) is 22.7 Å². The second-order valence-electron chi connectivity index (χ2n) is 5.77. The van der Waals surface area contributed by atoms with Gasteiger partial charge < -0.3 is 9.80 Å². The van der Waals surface area contributed by atoms with Gasteiger partial charge in [-0.3, -0.25) is 0 Å². The molecule has 0 spiro atoms. The van der Waals surface area contributed by atoms with Crippen molar-refractivity contribution in [3.05, 3.63) is 11.4 Å². The van der Waals surface area contributed by atoms with Gasteiger partial charge in [-0.25, -0.2) is 9.97 Å². The quantitative estimate of drug-likeness (QED) is 0.654. The van der Waals surface area contributed by atoms with Crippen molar-refractivity contribution in [1.29, 1.82) is 10.5 Å². The molecule has 0 fully saturated rings. The lowest BCUT2D eigenvalue weighted by Crippen LogP contribution is -2.30. The SMILES string of the molecule is CCCN(CCC)c1nc(C#N)c(N(CCC)CCC)nc1C#N. The lowest BCUT2D eigenvalue weighted by atomic mass is 10.2. The van der Waals surface area contributed by atoms with Gasteiger partial charge in [-0.05, 0) is 25.7 Å². The minimum atomic E-state index is 0.308. The molecule has 24 heavy (non-hydrogen) atoms. The second-order valence-corrected chi connectivity index (χ2v) is 5.77. The lowest BCUT2D eigenvalue weighted by molar-refractivity contribution is 0.715. The van der Waals surface area contributed by atoms with Gasteiger partial charge in [0, 0.05) is 26.2 Å². The average molecular weight is 328 g/mol. The highest BCUT2D eigenvalue weighted by Gasteiger charge is 2.21. The minimum Gasteiger partial charge on any atom is -0.354 e. The number of nitriles is 2. The molecule has 0 radical (unpaired) electrons. The number of hydrogen-bond donors (Lipinski definition) is 0. The Hall–Kier alpha value is -2.34. The zero-order valence-electron chi connectivity index (χ0n) is 15.3. The van der Waals surface area contributed by atoms with E-state index in [2.05, 4.69) is 59.6 Å². The molecule has 0 amide bonds. The summed E-state index contributed by atoms with van der Waals surface area (Å²) in [6.45, 7) is 11.6. The summed E-state index contributed by atoms with van der Waals surface area (Å²) in [7, 11) is 0. The Labute approximate surface area is 145 Å². The molecule has 0 saturated carbocycles. The Morgan fingerprint density at radius 3 is 1.17 bits per heavy atom. The zero-order valence-corrected chi connectivity index (χ0v) is 15.3. The van der Waals surface area contributed by atoms with Crippen molar-refractivity contribution in [2.75, 3.05) is 36.0 Å². The van der Waals surface area contributed by atoms with E-state index in [9.17, 15) is 10.5 Å². The molecule has 0 N–H and O–H groups in total. The molecule has 1 heterocycles. The van der Waals surface area contributed by atoms with Crippen molar-refractivity contribution in [3.63, 3.8) is 0 Å². The third-order valence-corrected chi connectivity index (χ3v) is 3.64. The molecule has 6 nitrogen and oxygen atoms in total. The molecule has 0 aliphatic heterocycles. The molecule has 0 aliphatic carbocycles. The normalized spacial score (nSPS) is 10.1. The van der Waals surface area contributed by atoms with Crippen LogP contribution in [0.5, 0.6) is 0 Å². The molecular formula is C18H28N6. The van der Waals surface area contributed by atoms with Crippen molar-refractivity contribution in [2.45, 2.75) is 53.4 Å². The highest BCUT2D eigenvalue weighted by molar-refractivity contribution is 5.60. The van der Waals surface area contributed by atoms with Crippen LogP contribution in [0.3, 0.4) is 0 Å². The van der Waals surface area contributed by atoms with E-state index < -0.39 is 0 Å². The topological polar surface area (TPSA) is 79.8 Å². The summed E-state index contributed by atoms with van der Waals surface area (Å²) < 4.78 is 0. The van der Waals surface area contributed by atoms with Crippen molar-refractivity contribution in [3.8, 4) is 12.1 Å². The number of rotatable bonds is 10. The van der Waals surface area contributed by atoms with Gasteiger partial charge in [0.25, 0.3) is 0 Å². The van der Waals surface area contributed by atoms with Crippen molar-refractivity contribution in [2.24, 2.45) is 0 Å². The Morgan fingerprint density at radius 2 is 0.958 bits per heavy atom. The van der Waals surface area contributed by atoms with Crippen molar-refractivity contribution < 1.29 is 0 Å². The molecule has 1 rings (SSSR count). The molecule has 0 unspecified atom stereocenters. The fraction of sp³-hybridized carbons (Fsp3) is 0.667. The second kappa shape index (κ2) is 10.4. The van der Waals surface area contributed by atoms with Gasteiger partial charge in [0.1, 0.15) is 12.1 Å². The summed E-state index contributed by atoms with van der Waals surface area (Å²) in [4.78, 5) is 13.2. The predicted molar refractivity (Wildman–Crippen MR) is 97.1 cm³/mol. The lowest BCUT2D eigenvalue weighted by Gasteiger charge is -2.27. The summed E-state index contributed by atoms with van der Waals surface area (Å²) in [6.07, 6.45) is 3.81. The van der Waals surface area contributed by atoms with Gasteiger partial charge in [-0.2, -0.15) is 10.5 Å². The van der Waals surface area contributed by atoms with Crippen LogP contribution in [0.4, 0.5) is 11.6 Å². The fourth-order valence-corrected chi connectivity index (χ4v) is 2.74. The molecule has 1 aromatic rings. The first-order valence-corrected chi connectivity index (χ1v) is 8.88. The first-order chi connectivity index (χ1) is 11.7. The van der Waals surface area contributed by atoms with E-state index in [-0.39, 0.29) is 0 Å². The smallest absolute Gasteiger partial charge is 0.185 e. The average Bonchev–Trinajstić information content (AvgIpc) is 2.60. The molecular weight excluding hydrogens is 300 g/mol. The number of nitrogens with zero attached hydrogens (tertiary/aromatic N) is 6. The summed E-state index contributed by atoms with van der Waals surface area (Å²) in [5.74, 6) is 1.07. The molecule has 6 heteroatoms. The molecule has 0 bridgehead atoms. The van der Waals surface area contributed by atoms with Crippen LogP contribution in [-0.2, 0) is 0 Å². The Balaban J connectivity index is 3.40. The fourth-order valence-electron chi connectivity index (χ4n) is 2.74. The van der Waals surface area contributed by atoms with E-state index in [0.29, 0.717) is 23.0 Å². The van der Waals surface area contributed by atoms with E-state index in [4.69, 9.17) is 0 Å². The molecule has 0 aliphatic rings. The summed E-state index contributed by atoms with van der Waals surface area (Å²) >= 11 is 0. The Bertz CT molecular complexity index is 533. The molecule has 130 valence electrons. The van der Waals surface area contributed by atoms with Gasteiger partial charge in [-0.1, -0.05) is 27.7 Å². The van der Waals surface area contributed by atoms with E-state index in [1.165, 1.54) is 0 Å². The molecule has 1 aromatic heterocycles.